The number of nitrogens with two attached hydrogens (primary N) is 1. The predicted octanol–water partition coefficient (Wildman–Crippen LogP) is 4.44. The second-order valence-electron chi connectivity index (χ2n) is 6.84. The summed E-state index contributed by atoms with van der Waals surface area (Å²) in [6.07, 6.45) is 5.72. The molecule has 2 atom stereocenters. The van der Waals surface area contributed by atoms with Gasteiger partial charge in [-0.2, -0.15) is 0 Å². The van der Waals surface area contributed by atoms with Crippen molar-refractivity contribution in [2.45, 2.75) is 57.9 Å². The van der Waals surface area contributed by atoms with Crippen LogP contribution in [-0.4, -0.2) is 5.54 Å². The molecule has 1 aliphatic rings. The molecule has 1 saturated carbocycles. The average molecular weight is 281 g/mol. The Morgan fingerprint density at radius 1 is 1.35 bits per heavy atom. The highest BCUT2D eigenvalue weighted by atomic mass is 19.2. The largest absolute Gasteiger partial charge is 0.325 e. The first-order valence-corrected chi connectivity index (χ1v) is 7.61. The van der Waals surface area contributed by atoms with Crippen LogP contribution in [0.25, 0.3) is 0 Å². The van der Waals surface area contributed by atoms with Crippen LogP contribution in [0.1, 0.15) is 51.5 Å². The maximum atomic E-state index is 13.8. The highest BCUT2D eigenvalue weighted by Gasteiger charge is 2.33. The quantitative estimate of drug-likeness (QED) is 0.867. The van der Waals surface area contributed by atoms with E-state index in [1.54, 1.807) is 12.1 Å². The lowest BCUT2D eigenvalue weighted by molar-refractivity contribution is 0.199. The Morgan fingerprint density at radius 3 is 2.80 bits per heavy atom. The molecule has 112 valence electrons. The van der Waals surface area contributed by atoms with Crippen LogP contribution < -0.4 is 5.73 Å². The standard InChI is InChI=1S/C17H25F2N/c1-12(2)9-13-5-4-8-17(20,10-13)11-14-6-3-7-15(18)16(14)19/h3,6-7,12-13H,4-5,8-11,20H2,1-2H3. The van der Waals surface area contributed by atoms with Crippen molar-refractivity contribution in [2.75, 3.05) is 0 Å². The topological polar surface area (TPSA) is 26.0 Å². The molecule has 0 bridgehead atoms. The van der Waals surface area contributed by atoms with E-state index < -0.39 is 11.6 Å². The van der Waals surface area contributed by atoms with Crippen LogP contribution in [0, 0.1) is 23.5 Å². The second kappa shape index (κ2) is 6.21. The summed E-state index contributed by atoms with van der Waals surface area (Å²) in [6.45, 7) is 4.44. The summed E-state index contributed by atoms with van der Waals surface area (Å²) in [4.78, 5) is 0. The van der Waals surface area contributed by atoms with E-state index in [1.165, 1.54) is 12.8 Å². The van der Waals surface area contributed by atoms with Gasteiger partial charge in [0, 0.05) is 5.54 Å². The van der Waals surface area contributed by atoms with Crippen molar-refractivity contribution >= 4 is 0 Å². The van der Waals surface area contributed by atoms with E-state index in [1.807, 2.05) is 0 Å². The molecule has 2 rings (SSSR count). The van der Waals surface area contributed by atoms with Gasteiger partial charge in [-0.05, 0) is 49.1 Å². The Kier molecular flexibility index (Phi) is 4.79. The third-order valence-corrected chi connectivity index (χ3v) is 4.36. The van der Waals surface area contributed by atoms with Gasteiger partial charge in [0.15, 0.2) is 11.6 Å². The minimum absolute atomic E-state index is 0.383. The molecule has 1 aliphatic carbocycles. The lowest BCUT2D eigenvalue weighted by Crippen LogP contribution is -2.46. The fourth-order valence-electron chi connectivity index (χ4n) is 3.61. The van der Waals surface area contributed by atoms with E-state index in [0.29, 0.717) is 23.8 Å². The SMILES string of the molecule is CC(C)CC1CCCC(N)(Cc2cccc(F)c2F)C1. The number of rotatable bonds is 4. The molecule has 1 aromatic carbocycles. The summed E-state index contributed by atoms with van der Waals surface area (Å²) < 4.78 is 27.1. The zero-order chi connectivity index (χ0) is 14.8. The van der Waals surface area contributed by atoms with Crippen molar-refractivity contribution in [2.24, 2.45) is 17.6 Å². The second-order valence-corrected chi connectivity index (χ2v) is 6.84. The highest BCUT2D eigenvalue weighted by Crippen LogP contribution is 2.36. The molecule has 3 heteroatoms. The van der Waals surface area contributed by atoms with E-state index in [2.05, 4.69) is 13.8 Å². The Bertz CT molecular complexity index is 458. The minimum Gasteiger partial charge on any atom is -0.325 e. The molecule has 1 fully saturated rings. The third kappa shape index (κ3) is 3.78. The van der Waals surface area contributed by atoms with Crippen molar-refractivity contribution in [1.82, 2.24) is 0 Å². The van der Waals surface area contributed by atoms with Gasteiger partial charge in [0.05, 0.1) is 0 Å². The average Bonchev–Trinajstić information content (AvgIpc) is 2.34. The predicted molar refractivity (Wildman–Crippen MR) is 78.4 cm³/mol. The number of hydrogen-bond acceptors (Lipinski definition) is 1. The smallest absolute Gasteiger partial charge is 0.162 e. The molecule has 0 spiro atoms. The van der Waals surface area contributed by atoms with Gasteiger partial charge in [0.2, 0.25) is 0 Å². The molecule has 0 radical (unpaired) electrons. The molecule has 0 saturated heterocycles. The minimum atomic E-state index is -0.777. The summed E-state index contributed by atoms with van der Waals surface area (Å²) in [5.41, 5.74) is 6.52. The van der Waals surface area contributed by atoms with Crippen molar-refractivity contribution in [3.05, 3.63) is 35.4 Å². The summed E-state index contributed by atoms with van der Waals surface area (Å²) in [7, 11) is 0. The fraction of sp³-hybridized carbons (Fsp3) is 0.647. The zero-order valence-electron chi connectivity index (χ0n) is 12.5. The summed E-state index contributed by atoms with van der Waals surface area (Å²) in [5, 5.41) is 0. The Hall–Kier alpha value is -0.960. The van der Waals surface area contributed by atoms with Gasteiger partial charge in [-0.1, -0.05) is 38.8 Å². The maximum absolute atomic E-state index is 13.8. The summed E-state index contributed by atoms with van der Waals surface area (Å²) in [6, 6.07) is 4.37. The maximum Gasteiger partial charge on any atom is 0.162 e. The third-order valence-electron chi connectivity index (χ3n) is 4.36. The monoisotopic (exact) mass is 281 g/mol. The number of halogens is 2. The van der Waals surface area contributed by atoms with Crippen LogP contribution in [0.3, 0.4) is 0 Å². The van der Waals surface area contributed by atoms with Crippen LogP contribution >= 0.6 is 0 Å². The molecular weight excluding hydrogens is 256 g/mol. The Balaban J connectivity index is 2.08. The number of benzene rings is 1. The molecule has 20 heavy (non-hydrogen) atoms. The van der Waals surface area contributed by atoms with Crippen LogP contribution in [0.4, 0.5) is 8.78 Å². The molecule has 2 unspecified atom stereocenters. The first-order valence-electron chi connectivity index (χ1n) is 7.61. The molecule has 1 aromatic rings. The van der Waals surface area contributed by atoms with Gasteiger partial charge in [0.1, 0.15) is 0 Å². The molecule has 0 aliphatic heterocycles. The van der Waals surface area contributed by atoms with Gasteiger partial charge >= 0.3 is 0 Å². The molecule has 1 nitrogen and oxygen atoms in total. The Morgan fingerprint density at radius 2 is 2.10 bits per heavy atom. The molecule has 0 amide bonds. The van der Waals surface area contributed by atoms with Crippen LogP contribution in [0.15, 0.2) is 18.2 Å². The van der Waals surface area contributed by atoms with E-state index in [0.717, 1.165) is 25.3 Å². The molecule has 2 N–H and O–H groups in total. The molecule has 0 aromatic heterocycles. The summed E-state index contributed by atoms with van der Waals surface area (Å²) in [5.74, 6) is -0.234. The van der Waals surface area contributed by atoms with Crippen LogP contribution in [0.5, 0.6) is 0 Å². The van der Waals surface area contributed by atoms with Crippen LogP contribution in [0.2, 0.25) is 0 Å². The lowest BCUT2D eigenvalue weighted by Gasteiger charge is -2.39. The van der Waals surface area contributed by atoms with Gasteiger partial charge in [-0.15, -0.1) is 0 Å². The number of hydrogen-bond donors (Lipinski definition) is 1. The lowest BCUT2D eigenvalue weighted by atomic mass is 9.71. The molecule has 0 heterocycles. The van der Waals surface area contributed by atoms with Crippen molar-refractivity contribution in [1.29, 1.82) is 0 Å². The van der Waals surface area contributed by atoms with Crippen LogP contribution in [-0.2, 0) is 6.42 Å². The van der Waals surface area contributed by atoms with Gasteiger partial charge in [0.25, 0.3) is 0 Å². The van der Waals surface area contributed by atoms with Crippen molar-refractivity contribution < 1.29 is 8.78 Å². The van der Waals surface area contributed by atoms with Gasteiger partial charge in [-0.25, -0.2) is 8.78 Å². The first kappa shape index (κ1) is 15.4. The first-order chi connectivity index (χ1) is 9.39. The fourth-order valence-corrected chi connectivity index (χ4v) is 3.61. The van der Waals surface area contributed by atoms with Crippen molar-refractivity contribution in [3.63, 3.8) is 0 Å². The normalized spacial score (nSPS) is 27.0. The zero-order valence-corrected chi connectivity index (χ0v) is 12.5. The Labute approximate surface area is 120 Å². The van der Waals surface area contributed by atoms with Crippen molar-refractivity contribution in [3.8, 4) is 0 Å². The highest BCUT2D eigenvalue weighted by molar-refractivity contribution is 5.21. The van der Waals surface area contributed by atoms with Gasteiger partial charge < -0.3 is 5.73 Å². The summed E-state index contributed by atoms with van der Waals surface area (Å²) >= 11 is 0. The van der Waals surface area contributed by atoms with Gasteiger partial charge in [-0.3, -0.25) is 0 Å². The van der Waals surface area contributed by atoms with E-state index >= 15 is 0 Å². The molecular formula is C17H25F2N. The van der Waals surface area contributed by atoms with E-state index in [9.17, 15) is 8.78 Å². The van der Waals surface area contributed by atoms with E-state index in [4.69, 9.17) is 5.73 Å². The van der Waals surface area contributed by atoms with E-state index in [-0.39, 0.29) is 5.54 Å².